The number of benzene rings is 2. The highest BCUT2D eigenvalue weighted by Crippen LogP contribution is 2.39. The molecule has 2 N–H and O–H groups in total. The van der Waals surface area contributed by atoms with Gasteiger partial charge >= 0.3 is 7.82 Å². The van der Waals surface area contributed by atoms with Crippen LogP contribution in [0.15, 0.2) is 60.7 Å². The molecule has 0 bridgehead atoms. The Labute approximate surface area is 124 Å². The van der Waals surface area contributed by atoms with Crippen LogP contribution in [0.25, 0.3) is 0 Å². The van der Waals surface area contributed by atoms with Crippen molar-refractivity contribution in [1.29, 1.82) is 0 Å². The molecule has 2 rings (SSSR count). The van der Waals surface area contributed by atoms with E-state index >= 15 is 0 Å². The van der Waals surface area contributed by atoms with Gasteiger partial charge in [-0.2, -0.15) is 0 Å². The van der Waals surface area contributed by atoms with E-state index < -0.39 is 7.82 Å². The van der Waals surface area contributed by atoms with Crippen molar-refractivity contribution in [3.8, 4) is 0 Å². The average molecular weight is 306 g/mol. The number of phosphoric acid groups is 1. The Balaban J connectivity index is 2.27. The van der Waals surface area contributed by atoms with Gasteiger partial charge in [-0.25, -0.2) is 4.57 Å². The smallest absolute Gasteiger partial charge is 0.303 e. The van der Waals surface area contributed by atoms with Crippen LogP contribution in [0, 0.1) is 5.92 Å². The largest absolute Gasteiger partial charge is 0.469 e. The van der Waals surface area contributed by atoms with Crippen molar-refractivity contribution in [2.24, 2.45) is 5.92 Å². The Morgan fingerprint density at radius 2 is 1.38 bits per heavy atom. The molecule has 1 atom stereocenters. The number of phosphoric ester groups is 1. The molecule has 0 saturated carbocycles. The molecular formula is C16H19O4P. The third-order valence-electron chi connectivity index (χ3n) is 3.39. The van der Waals surface area contributed by atoms with Crippen LogP contribution in [0.2, 0.25) is 0 Å². The number of hydrogen-bond acceptors (Lipinski definition) is 2. The summed E-state index contributed by atoms with van der Waals surface area (Å²) in [5.74, 6) is -0.0404. The first-order chi connectivity index (χ1) is 9.97. The lowest BCUT2D eigenvalue weighted by atomic mass is 9.82. The van der Waals surface area contributed by atoms with Gasteiger partial charge in [0.1, 0.15) is 0 Å². The van der Waals surface area contributed by atoms with E-state index in [1.165, 1.54) is 0 Å². The van der Waals surface area contributed by atoms with E-state index in [-0.39, 0.29) is 18.4 Å². The van der Waals surface area contributed by atoms with Gasteiger partial charge < -0.3 is 9.79 Å². The van der Waals surface area contributed by atoms with E-state index in [1.54, 1.807) is 0 Å². The molecule has 0 aliphatic carbocycles. The molecule has 0 aliphatic heterocycles. The molecule has 1 unspecified atom stereocenters. The highest BCUT2D eigenvalue weighted by atomic mass is 31.2. The quantitative estimate of drug-likeness (QED) is 0.801. The molecule has 4 nitrogen and oxygen atoms in total. The van der Waals surface area contributed by atoms with E-state index in [0.29, 0.717) is 0 Å². The Morgan fingerprint density at radius 3 is 1.76 bits per heavy atom. The summed E-state index contributed by atoms with van der Waals surface area (Å²) in [4.78, 5) is 17.8. The van der Waals surface area contributed by atoms with Crippen molar-refractivity contribution in [2.75, 3.05) is 6.61 Å². The summed E-state index contributed by atoms with van der Waals surface area (Å²) in [7, 11) is -4.44. The van der Waals surface area contributed by atoms with Crippen LogP contribution in [0.4, 0.5) is 0 Å². The van der Waals surface area contributed by atoms with Crippen LogP contribution in [0.5, 0.6) is 0 Å². The highest BCUT2D eigenvalue weighted by Gasteiger charge is 2.24. The lowest BCUT2D eigenvalue weighted by Crippen LogP contribution is -2.16. The molecule has 0 radical (unpaired) electrons. The molecule has 2 aromatic rings. The third-order valence-corrected chi connectivity index (χ3v) is 3.88. The first-order valence-corrected chi connectivity index (χ1v) is 8.30. The maximum Gasteiger partial charge on any atom is 0.469 e. The molecular weight excluding hydrogens is 287 g/mol. The summed E-state index contributed by atoms with van der Waals surface area (Å²) in [6, 6.07) is 19.8. The summed E-state index contributed by atoms with van der Waals surface area (Å²) in [5.41, 5.74) is 2.20. The first kappa shape index (κ1) is 15.9. The van der Waals surface area contributed by atoms with Crippen LogP contribution in [-0.4, -0.2) is 16.4 Å². The fraction of sp³-hybridized carbons (Fsp3) is 0.250. The van der Waals surface area contributed by atoms with Crippen LogP contribution in [-0.2, 0) is 9.09 Å². The molecule has 0 saturated heterocycles. The van der Waals surface area contributed by atoms with Gasteiger partial charge in [-0.1, -0.05) is 67.6 Å². The molecule has 0 aromatic heterocycles. The highest BCUT2D eigenvalue weighted by molar-refractivity contribution is 7.46. The second-order valence-corrected chi connectivity index (χ2v) is 6.30. The van der Waals surface area contributed by atoms with Crippen molar-refractivity contribution in [3.63, 3.8) is 0 Å². The Bertz CT molecular complexity index is 555. The van der Waals surface area contributed by atoms with Gasteiger partial charge in [0.05, 0.1) is 6.61 Å². The fourth-order valence-corrected chi connectivity index (χ4v) is 2.91. The summed E-state index contributed by atoms with van der Waals surface area (Å²) in [5, 5.41) is 0. The second kappa shape index (κ2) is 7.01. The zero-order valence-corrected chi connectivity index (χ0v) is 12.7. The molecule has 0 amide bonds. The predicted octanol–water partition coefficient (Wildman–Crippen LogP) is 3.56. The molecule has 5 heteroatoms. The zero-order valence-electron chi connectivity index (χ0n) is 11.8. The molecule has 2 aromatic carbocycles. The minimum atomic E-state index is -4.44. The molecule has 21 heavy (non-hydrogen) atoms. The minimum absolute atomic E-state index is 0.00126. The normalized spacial score (nSPS) is 13.3. The standard InChI is InChI=1S/C16H19O4P/c1-13(12-20-21(17,18)19)16(14-8-4-2-5-9-14)15-10-6-3-7-11-15/h2-11,13,16H,12H2,1H3,(H2,17,18,19). The molecule has 0 spiro atoms. The van der Waals surface area contributed by atoms with Gasteiger partial charge in [-0.15, -0.1) is 0 Å². The maximum absolute atomic E-state index is 10.9. The van der Waals surface area contributed by atoms with Crippen LogP contribution >= 0.6 is 7.82 Å². The Morgan fingerprint density at radius 1 is 0.952 bits per heavy atom. The van der Waals surface area contributed by atoms with Crippen molar-refractivity contribution in [1.82, 2.24) is 0 Å². The SMILES string of the molecule is CC(COP(=O)(O)O)C(c1ccccc1)c1ccccc1. The summed E-state index contributed by atoms with van der Waals surface area (Å²) in [6.45, 7) is 1.93. The van der Waals surface area contributed by atoms with Crippen LogP contribution in [0.1, 0.15) is 24.0 Å². The minimum Gasteiger partial charge on any atom is -0.303 e. The Kier molecular flexibility index (Phi) is 5.32. The van der Waals surface area contributed by atoms with Gasteiger partial charge in [-0.05, 0) is 17.0 Å². The maximum atomic E-state index is 10.9. The molecule has 0 aliphatic rings. The fourth-order valence-electron chi connectivity index (χ4n) is 2.48. The predicted molar refractivity (Wildman–Crippen MR) is 81.9 cm³/mol. The summed E-state index contributed by atoms with van der Waals surface area (Å²) in [6.07, 6.45) is 0. The number of rotatable bonds is 6. The third kappa shape index (κ3) is 4.80. The van der Waals surface area contributed by atoms with Gasteiger partial charge in [0.25, 0.3) is 0 Å². The van der Waals surface area contributed by atoms with Crippen molar-refractivity contribution >= 4 is 7.82 Å². The summed E-state index contributed by atoms with van der Waals surface area (Å²) < 4.78 is 15.6. The van der Waals surface area contributed by atoms with E-state index in [1.807, 2.05) is 67.6 Å². The number of hydrogen-bond donors (Lipinski definition) is 2. The van der Waals surface area contributed by atoms with E-state index in [0.717, 1.165) is 11.1 Å². The average Bonchev–Trinajstić information content (AvgIpc) is 2.47. The first-order valence-electron chi connectivity index (χ1n) is 6.77. The molecule has 0 heterocycles. The van der Waals surface area contributed by atoms with Crippen LogP contribution in [0.3, 0.4) is 0 Å². The van der Waals surface area contributed by atoms with Crippen molar-refractivity contribution < 1.29 is 18.9 Å². The molecule has 112 valence electrons. The van der Waals surface area contributed by atoms with Crippen molar-refractivity contribution in [3.05, 3.63) is 71.8 Å². The lowest BCUT2D eigenvalue weighted by molar-refractivity contribution is 0.167. The van der Waals surface area contributed by atoms with Gasteiger partial charge in [-0.3, -0.25) is 4.52 Å². The zero-order chi connectivity index (χ0) is 15.3. The Hall–Kier alpha value is -1.45. The summed E-state index contributed by atoms with van der Waals surface area (Å²) >= 11 is 0. The van der Waals surface area contributed by atoms with Crippen molar-refractivity contribution in [2.45, 2.75) is 12.8 Å². The van der Waals surface area contributed by atoms with Gasteiger partial charge in [0.2, 0.25) is 0 Å². The van der Waals surface area contributed by atoms with Gasteiger partial charge in [0, 0.05) is 5.92 Å². The van der Waals surface area contributed by atoms with E-state index in [2.05, 4.69) is 4.52 Å². The van der Waals surface area contributed by atoms with E-state index in [9.17, 15) is 4.57 Å². The second-order valence-electron chi connectivity index (χ2n) is 5.06. The topological polar surface area (TPSA) is 66.8 Å². The molecule has 0 fully saturated rings. The van der Waals surface area contributed by atoms with E-state index in [4.69, 9.17) is 9.79 Å². The van der Waals surface area contributed by atoms with Gasteiger partial charge in [0.15, 0.2) is 0 Å². The monoisotopic (exact) mass is 306 g/mol. The lowest BCUT2D eigenvalue weighted by Gasteiger charge is -2.25. The van der Waals surface area contributed by atoms with Crippen LogP contribution < -0.4 is 0 Å².